The molecule has 3 amide bonds. The summed E-state index contributed by atoms with van der Waals surface area (Å²) < 4.78 is 10.7. The van der Waals surface area contributed by atoms with Crippen LogP contribution in [-0.4, -0.2) is 66.4 Å². The van der Waals surface area contributed by atoms with Gasteiger partial charge in [0.2, 0.25) is 17.7 Å². The number of aromatic nitrogens is 1. The van der Waals surface area contributed by atoms with Crippen LogP contribution >= 0.6 is 11.6 Å². The number of hydrogen-bond acceptors (Lipinski definition) is 5. The second-order valence-electron chi connectivity index (χ2n) is 11.2. The molecule has 0 bridgehead atoms. The molecule has 2 N–H and O–H groups in total. The summed E-state index contributed by atoms with van der Waals surface area (Å²) in [7, 11) is 3.13. The van der Waals surface area contributed by atoms with Crippen molar-refractivity contribution in [3.8, 4) is 11.5 Å². The molecule has 3 heterocycles. The number of rotatable bonds is 9. The monoisotopic (exact) mass is 594 g/mol. The molecule has 1 saturated heterocycles. The van der Waals surface area contributed by atoms with E-state index in [0.29, 0.717) is 49.0 Å². The Balaban J connectivity index is 1.42. The number of hydrogen-bond donors (Lipinski definition) is 2. The van der Waals surface area contributed by atoms with Crippen molar-refractivity contribution >= 4 is 40.2 Å². The molecule has 3 atom stereocenters. The third-order valence-electron chi connectivity index (χ3n) is 9.08. The molecule has 1 aromatic heterocycles. The lowest BCUT2D eigenvalue weighted by Crippen LogP contribution is -2.64. The number of benzene rings is 2. The molecule has 1 fully saturated rings. The lowest BCUT2D eigenvalue weighted by molar-refractivity contribution is -0.164. The fraction of sp³-hybridized carbons (Fsp3) is 0.469. The molecule has 0 aliphatic carbocycles. The van der Waals surface area contributed by atoms with Gasteiger partial charge in [0.15, 0.2) is 11.5 Å². The van der Waals surface area contributed by atoms with E-state index in [1.165, 1.54) is 0 Å². The van der Waals surface area contributed by atoms with Gasteiger partial charge in [-0.1, -0.05) is 17.7 Å². The molecular formula is C32H39ClN4O5. The molecule has 0 radical (unpaired) electrons. The minimum Gasteiger partial charge on any atom is -0.493 e. The van der Waals surface area contributed by atoms with Crippen LogP contribution in [0.25, 0.3) is 10.9 Å². The summed E-state index contributed by atoms with van der Waals surface area (Å²) in [5.41, 5.74) is 2.90. The van der Waals surface area contributed by atoms with Gasteiger partial charge in [-0.3, -0.25) is 14.4 Å². The van der Waals surface area contributed by atoms with Crippen molar-refractivity contribution in [2.24, 2.45) is 11.8 Å². The number of carbonyl (C=O) groups excluding carboxylic acids is 3. The number of halogens is 1. The first-order valence-electron chi connectivity index (χ1n) is 14.5. The van der Waals surface area contributed by atoms with Crippen molar-refractivity contribution in [1.82, 2.24) is 20.1 Å². The van der Waals surface area contributed by atoms with Crippen molar-refractivity contribution < 1.29 is 23.9 Å². The summed E-state index contributed by atoms with van der Waals surface area (Å²) in [6, 6.07) is 11.2. The molecule has 2 aliphatic rings. The summed E-state index contributed by atoms with van der Waals surface area (Å²) >= 11 is 6.34. The number of ether oxygens (including phenoxy) is 2. The van der Waals surface area contributed by atoms with Crippen LogP contribution in [-0.2, 0) is 32.9 Å². The first-order chi connectivity index (χ1) is 20.2. The largest absolute Gasteiger partial charge is 0.493 e. The number of amides is 3. The number of piperidine rings is 1. The number of aromatic amines is 1. The highest BCUT2D eigenvalue weighted by molar-refractivity contribution is 6.31. The lowest BCUT2D eigenvalue weighted by atomic mass is 9.67. The number of carbonyl (C=O) groups is 3. The van der Waals surface area contributed by atoms with Crippen LogP contribution in [0.4, 0.5) is 0 Å². The molecule has 9 nitrogen and oxygen atoms in total. The third kappa shape index (κ3) is 5.08. The topological polar surface area (TPSA) is 104 Å². The van der Waals surface area contributed by atoms with E-state index in [-0.39, 0.29) is 30.7 Å². The predicted octanol–water partition coefficient (Wildman–Crippen LogP) is 4.65. The fourth-order valence-corrected chi connectivity index (χ4v) is 6.97. The summed E-state index contributed by atoms with van der Waals surface area (Å²) in [5, 5.41) is 4.61. The maximum atomic E-state index is 14.1. The average molecular weight is 595 g/mol. The Bertz CT molecular complexity index is 1520. The molecule has 0 unspecified atom stereocenters. The van der Waals surface area contributed by atoms with Crippen LogP contribution in [0.1, 0.15) is 50.4 Å². The number of methoxy groups -OCH3 is 2. The van der Waals surface area contributed by atoms with E-state index in [0.717, 1.165) is 27.7 Å². The quantitative estimate of drug-likeness (QED) is 0.375. The molecule has 224 valence electrons. The summed E-state index contributed by atoms with van der Waals surface area (Å²) in [5.74, 6) is -0.263. The molecule has 0 spiro atoms. The van der Waals surface area contributed by atoms with Gasteiger partial charge in [0.1, 0.15) is 0 Å². The molecule has 3 aromatic rings. The maximum absolute atomic E-state index is 14.1. The second kappa shape index (κ2) is 11.9. The average Bonchev–Trinajstić information content (AvgIpc) is 3.36. The highest BCUT2D eigenvalue weighted by Gasteiger charge is 2.57. The van der Waals surface area contributed by atoms with Gasteiger partial charge in [0, 0.05) is 60.1 Å². The van der Waals surface area contributed by atoms with E-state index in [1.54, 1.807) is 20.3 Å². The van der Waals surface area contributed by atoms with Crippen molar-refractivity contribution in [2.75, 3.05) is 33.9 Å². The Morgan fingerprint density at radius 2 is 1.86 bits per heavy atom. The van der Waals surface area contributed by atoms with Gasteiger partial charge in [0.05, 0.1) is 25.7 Å². The zero-order valence-electron chi connectivity index (χ0n) is 24.9. The van der Waals surface area contributed by atoms with Crippen molar-refractivity contribution in [1.29, 1.82) is 0 Å². The number of nitrogens with zero attached hydrogens (tertiary/aromatic N) is 2. The Kier molecular flexibility index (Phi) is 8.42. The van der Waals surface area contributed by atoms with E-state index in [4.69, 9.17) is 21.1 Å². The van der Waals surface area contributed by atoms with Crippen LogP contribution in [0.2, 0.25) is 5.02 Å². The Hall–Kier alpha value is -3.72. The van der Waals surface area contributed by atoms with Crippen molar-refractivity contribution in [3.63, 3.8) is 0 Å². The summed E-state index contributed by atoms with van der Waals surface area (Å²) in [6.07, 6.45) is 0.942. The summed E-state index contributed by atoms with van der Waals surface area (Å²) in [4.78, 5) is 48.5. The zero-order valence-corrected chi connectivity index (χ0v) is 25.6. The smallest absolute Gasteiger partial charge is 0.228 e. The van der Waals surface area contributed by atoms with Gasteiger partial charge < -0.3 is 29.6 Å². The van der Waals surface area contributed by atoms with Gasteiger partial charge in [-0.05, 0) is 75.1 Å². The Labute approximate surface area is 251 Å². The van der Waals surface area contributed by atoms with E-state index >= 15 is 0 Å². The van der Waals surface area contributed by atoms with E-state index in [9.17, 15) is 14.4 Å². The van der Waals surface area contributed by atoms with Gasteiger partial charge in [-0.15, -0.1) is 0 Å². The molecule has 10 heteroatoms. The second-order valence-corrected chi connectivity index (χ2v) is 11.7. The van der Waals surface area contributed by atoms with Crippen LogP contribution in [0.5, 0.6) is 11.5 Å². The molecule has 2 aliphatic heterocycles. The fourth-order valence-electron chi connectivity index (χ4n) is 6.79. The van der Waals surface area contributed by atoms with Crippen LogP contribution in [0.15, 0.2) is 36.4 Å². The van der Waals surface area contributed by atoms with Gasteiger partial charge in [-0.25, -0.2) is 0 Å². The van der Waals surface area contributed by atoms with Crippen LogP contribution in [0, 0.1) is 11.8 Å². The first kappa shape index (κ1) is 29.8. The Morgan fingerprint density at radius 3 is 2.55 bits per heavy atom. The molecule has 0 saturated carbocycles. The van der Waals surface area contributed by atoms with E-state index in [1.807, 2.05) is 60.9 Å². The van der Waals surface area contributed by atoms with Gasteiger partial charge in [0.25, 0.3) is 0 Å². The molecule has 2 aromatic carbocycles. The van der Waals surface area contributed by atoms with E-state index in [2.05, 4.69) is 10.3 Å². The molecular weight excluding hydrogens is 556 g/mol. The third-order valence-corrected chi connectivity index (χ3v) is 9.31. The summed E-state index contributed by atoms with van der Waals surface area (Å²) in [6.45, 7) is 7.82. The SMILES string of the molecule is CCN(CC)C(=O)[C@H]1C[C@H](CC(=O)NCc2ccc(OC)c(OC)c2)C(=O)N2CCc3c([nH]c4ccc(Cl)cc34)[C@]12C. The lowest BCUT2D eigenvalue weighted by Gasteiger charge is -2.54. The number of nitrogens with one attached hydrogen (secondary N) is 2. The molecule has 5 rings (SSSR count). The maximum Gasteiger partial charge on any atom is 0.228 e. The number of H-pyrrole nitrogens is 1. The normalized spacial score (nSPS) is 21.5. The zero-order chi connectivity index (χ0) is 30.2. The number of fused-ring (bicyclic) bond motifs is 5. The van der Waals surface area contributed by atoms with Crippen molar-refractivity contribution in [3.05, 3.63) is 58.2 Å². The molecule has 42 heavy (non-hydrogen) atoms. The van der Waals surface area contributed by atoms with E-state index < -0.39 is 17.4 Å². The van der Waals surface area contributed by atoms with Crippen molar-refractivity contribution in [2.45, 2.75) is 52.1 Å². The Morgan fingerprint density at radius 1 is 1.12 bits per heavy atom. The highest BCUT2D eigenvalue weighted by atomic mass is 35.5. The van der Waals surface area contributed by atoms with Gasteiger partial charge in [-0.2, -0.15) is 0 Å². The minimum absolute atomic E-state index is 0.000254. The van der Waals surface area contributed by atoms with Crippen LogP contribution < -0.4 is 14.8 Å². The minimum atomic E-state index is -0.873. The standard InChI is InChI=1S/C32H39ClN4O5/c1-6-36(7-2)31(40)24-15-20(16-28(38)34-18-19-8-11-26(41-4)27(14-19)42-5)30(39)37-13-12-22-23-17-21(33)9-10-25(23)35-29(22)32(24,37)3/h8-11,14,17,20,24,35H,6-7,12-13,15-16,18H2,1-5H3,(H,34,38)/t20-,24-,32+/m1/s1. The first-order valence-corrected chi connectivity index (χ1v) is 14.9. The van der Waals surface area contributed by atoms with Gasteiger partial charge >= 0.3 is 0 Å². The predicted molar refractivity (Wildman–Crippen MR) is 162 cm³/mol. The van der Waals surface area contributed by atoms with Crippen LogP contribution in [0.3, 0.4) is 0 Å². The highest BCUT2D eigenvalue weighted by Crippen LogP contribution is 2.50.